The van der Waals surface area contributed by atoms with Gasteiger partial charge in [0, 0.05) is 29.1 Å². The van der Waals surface area contributed by atoms with Gasteiger partial charge in [-0.3, -0.25) is 9.78 Å². The van der Waals surface area contributed by atoms with E-state index in [1.54, 1.807) is 30.6 Å². The zero-order valence-electron chi connectivity index (χ0n) is 14.1. The summed E-state index contributed by atoms with van der Waals surface area (Å²) < 4.78 is 5.42. The van der Waals surface area contributed by atoms with Gasteiger partial charge in [-0.05, 0) is 25.1 Å². The molecule has 5 nitrogen and oxygen atoms in total. The fraction of sp³-hybridized carbons (Fsp3) is 0.0476. The van der Waals surface area contributed by atoms with E-state index >= 15 is 0 Å². The number of pyridine rings is 1. The van der Waals surface area contributed by atoms with Gasteiger partial charge in [-0.1, -0.05) is 53.2 Å². The number of aromatic nitrogens is 3. The van der Waals surface area contributed by atoms with Crippen molar-refractivity contribution in [3.8, 4) is 22.8 Å². The average molecular weight is 341 g/mol. The summed E-state index contributed by atoms with van der Waals surface area (Å²) in [6.07, 6.45) is 3.33. The second-order valence-corrected chi connectivity index (χ2v) is 5.90. The van der Waals surface area contributed by atoms with Crippen LogP contribution in [0.1, 0.15) is 21.5 Å². The van der Waals surface area contributed by atoms with Gasteiger partial charge in [0.1, 0.15) is 0 Å². The maximum absolute atomic E-state index is 12.9. The van der Waals surface area contributed by atoms with E-state index in [2.05, 4.69) is 15.1 Å². The van der Waals surface area contributed by atoms with Gasteiger partial charge in [0.25, 0.3) is 5.89 Å². The molecule has 0 radical (unpaired) electrons. The monoisotopic (exact) mass is 341 g/mol. The lowest BCUT2D eigenvalue weighted by atomic mass is 9.97. The molecule has 0 aliphatic rings. The molecule has 0 fully saturated rings. The van der Waals surface area contributed by atoms with Crippen LogP contribution in [0.15, 0.2) is 77.6 Å². The molecular formula is C21H15N3O2. The number of carbonyl (C=O) groups is 1. The van der Waals surface area contributed by atoms with Gasteiger partial charge in [-0.25, -0.2) is 0 Å². The van der Waals surface area contributed by atoms with Gasteiger partial charge in [-0.15, -0.1) is 0 Å². The summed E-state index contributed by atoms with van der Waals surface area (Å²) in [6.45, 7) is 1.99. The molecule has 26 heavy (non-hydrogen) atoms. The fourth-order valence-corrected chi connectivity index (χ4v) is 2.68. The topological polar surface area (TPSA) is 68.9 Å². The Morgan fingerprint density at radius 1 is 0.923 bits per heavy atom. The van der Waals surface area contributed by atoms with Crippen LogP contribution in [0.2, 0.25) is 0 Å². The number of hydrogen-bond acceptors (Lipinski definition) is 5. The molecule has 0 atom stereocenters. The summed E-state index contributed by atoms with van der Waals surface area (Å²) in [4.78, 5) is 21.4. The smallest absolute Gasteiger partial charge is 0.258 e. The Hall–Kier alpha value is -3.60. The maximum Gasteiger partial charge on any atom is 0.258 e. The Labute approximate surface area is 150 Å². The van der Waals surface area contributed by atoms with E-state index in [-0.39, 0.29) is 5.78 Å². The number of carbonyl (C=O) groups excluding carboxylic acids is 1. The summed E-state index contributed by atoms with van der Waals surface area (Å²) >= 11 is 0. The number of aryl methyl sites for hydroxylation is 1. The molecule has 0 spiro atoms. The normalized spacial score (nSPS) is 10.7. The highest BCUT2D eigenvalue weighted by Crippen LogP contribution is 2.26. The third-order valence-electron chi connectivity index (χ3n) is 4.08. The molecule has 0 N–H and O–H groups in total. The molecule has 2 aromatic heterocycles. The van der Waals surface area contributed by atoms with Crippen LogP contribution >= 0.6 is 0 Å². The second kappa shape index (κ2) is 6.72. The minimum Gasteiger partial charge on any atom is -0.334 e. The first-order valence-electron chi connectivity index (χ1n) is 8.17. The first kappa shape index (κ1) is 15.9. The van der Waals surface area contributed by atoms with E-state index in [0.29, 0.717) is 28.4 Å². The first-order chi connectivity index (χ1) is 12.7. The summed E-state index contributed by atoms with van der Waals surface area (Å²) in [6, 6.07) is 18.3. The van der Waals surface area contributed by atoms with Gasteiger partial charge < -0.3 is 4.52 Å². The van der Waals surface area contributed by atoms with E-state index in [0.717, 1.165) is 11.1 Å². The zero-order valence-corrected chi connectivity index (χ0v) is 14.1. The lowest BCUT2D eigenvalue weighted by Gasteiger charge is -2.05. The third kappa shape index (κ3) is 3.02. The van der Waals surface area contributed by atoms with Gasteiger partial charge in [0.2, 0.25) is 5.82 Å². The molecule has 2 heterocycles. The van der Waals surface area contributed by atoms with Crippen molar-refractivity contribution in [3.05, 3.63) is 89.7 Å². The SMILES string of the molecule is Cc1ccc(C(=O)c2ccccc2-c2nc(-c3ccncc3)no2)cc1. The van der Waals surface area contributed by atoms with Crippen molar-refractivity contribution in [2.24, 2.45) is 0 Å². The first-order valence-corrected chi connectivity index (χ1v) is 8.17. The van der Waals surface area contributed by atoms with Crippen LogP contribution in [0.5, 0.6) is 0 Å². The van der Waals surface area contributed by atoms with E-state index in [1.165, 1.54) is 0 Å². The van der Waals surface area contributed by atoms with Crippen molar-refractivity contribution >= 4 is 5.78 Å². The highest BCUT2D eigenvalue weighted by Gasteiger charge is 2.19. The number of benzene rings is 2. The molecule has 0 aliphatic heterocycles. The van der Waals surface area contributed by atoms with Crippen LogP contribution < -0.4 is 0 Å². The molecule has 0 saturated carbocycles. The number of hydrogen-bond donors (Lipinski definition) is 0. The molecule has 5 heteroatoms. The lowest BCUT2D eigenvalue weighted by Crippen LogP contribution is -2.03. The molecule has 2 aromatic carbocycles. The molecule has 0 aliphatic carbocycles. The van der Waals surface area contributed by atoms with Gasteiger partial charge in [0.05, 0.1) is 5.56 Å². The van der Waals surface area contributed by atoms with Crippen molar-refractivity contribution in [1.29, 1.82) is 0 Å². The number of nitrogens with zero attached hydrogens (tertiary/aromatic N) is 3. The maximum atomic E-state index is 12.9. The molecule has 4 aromatic rings. The van der Waals surface area contributed by atoms with Crippen LogP contribution in [0.25, 0.3) is 22.8 Å². The quantitative estimate of drug-likeness (QED) is 0.517. The summed E-state index contributed by atoms with van der Waals surface area (Å²) in [7, 11) is 0. The largest absolute Gasteiger partial charge is 0.334 e. The molecule has 0 unspecified atom stereocenters. The van der Waals surface area contributed by atoms with Crippen molar-refractivity contribution in [3.63, 3.8) is 0 Å². The summed E-state index contributed by atoms with van der Waals surface area (Å²) in [5.41, 5.74) is 3.68. The van der Waals surface area contributed by atoms with Crippen LogP contribution in [0.4, 0.5) is 0 Å². The minimum atomic E-state index is -0.0794. The van der Waals surface area contributed by atoms with Crippen molar-refractivity contribution in [2.45, 2.75) is 6.92 Å². The summed E-state index contributed by atoms with van der Waals surface area (Å²) in [5.74, 6) is 0.692. The minimum absolute atomic E-state index is 0.0794. The number of ketones is 1. The zero-order chi connectivity index (χ0) is 17.9. The van der Waals surface area contributed by atoms with Gasteiger partial charge in [0.15, 0.2) is 5.78 Å². The van der Waals surface area contributed by atoms with Crippen molar-refractivity contribution in [1.82, 2.24) is 15.1 Å². The van der Waals surface area contributed by atoms with Crippen LogP contribution in [-0.4, -0.2) is 20.9 Å². The Balaban J connectivity index is 1.74. The Bertz CT molecular complexity index is 1050. The highest BCUT2D eigenvalue weighted by molar-refractivity contribution is 6.12. The van der Waals surface area contributed by atoms with E-state index < -0.39 is 0 Å². The van der Waals surface area contributed by atoms with Crippen molar-refractivity contribution < 1.29 is 9.32 Å². The number of rotatable bonds is 4. The predicted octanol–water partition coefficient (Wildman–Crippen LogP) is 4.34. The second-order valence-electron chi connectivity index (χ2n) is 5.90. The fourth-order valence-electron chi connectivity index (χ4n) is 2.68. The van der Waals surface area contributed by atoms with Crippen LogP contribution in [-0.2, 0) is 0 Å². The molecule has 4 rings (SSSR count). The molecule has 0 bridgehead atoms. The molecule has 126 valence electrons. The van der Waals surface area contributed by atoms with E-state index in [4.69, 9.17) is 4.52 Å². The Morgan fingerprint density at radius 3 is 2.42 bits per heavy atom. The third-order valence-corrected chi connectivity index (χ3v) is 4.08. The average Bonchev–Trinajstić information content (AvgIpc) is 3.19. The highest BCUT2D eigenvalue weighted by atomic mass is 16.5. The predicted molar refractivity (Wildman–Crippen MR) is 97.6 cm³/mol. The molecule has 0 saturated heterocycles. The Kier molecular flexibility index (Phi) is 4.11. The van der Waals surface area contributed by atoms with E-state index in [9.17, 15) is 4.79 Å². The van der Waals surface area contributed by atoms with Crippen LogP contribution in [0, 0.1) is 6.92 Å². The van der Waals surface area contributed by atoms with Crippen LogP contribution in [0.3, 0.4) is 0 Å². The summed E-state index contributed by atoms with van der Waals surface area (Å²) in [5, 5.41) is 4.02. The van der Waals surface area contributed by atoms with E-state index in [1.807, 2.05) is 49.4 Å². The van der Waals surface area contributed by atoms with Crippen molar-refractivity contribution in [2.75, 3.05) is 0 Å². The lowest BCUT2D eigenvalue weighted by molar-refractivity contribution is 0.103. The standard InChI is InChI=1S/C21H15N3O2/c1-14-6-8-15(9-7-14)19(25)17-4-2-3-5-18(17)21-23-20(24-26-21)16-10-12-22-13-11-16/h2-13H,1H3. The molecular weight excluding hydrogens is 326 g/mol. The van der Waals surface area contributed by atoms with Gasteiger partial charge >= 0.3 is 0 Å². The Morgan fingerprint density at radius 2 is 1.65 bits per heavy atom. The molecule has 0 amide bonds. The van der Waals surface area contributed by atoms with Gasteiger partial charge in [-0.2, -0.15) is 4.98 Å².